The van der Waals surface area contributed by atoms with Crippen molar-refractivity contribution in [1.82, 2.24) is 14.9 Å². The van der Waals surface area contributed by atoms with Gasteiger partial charge in [-0.1, -0.05) is 30.3 Å². The zero-order valence-corrected chi connectivity index (χ0v) is 16.8. The number of carbonyl (C=O) groups excluding carboxylic acids is 1. The van der Waals surface area contributed by atoms with Crippen molar-refractivity contribution in [1.29, 1.82) is 0 Å². The normalized spacial score (nSPS) is 16.2. The fraction of sp³-hybridized carbons (Fsp3) is 0.318. The Hall–Kier alpha value is -2.77. The molecule has 2 aromatic carbocycles. The SMILES string of the molecule is O=C(NCCc1ccccc1)c1ccc2c(=O)n(C[C@H]3CCCO3)c(=S)[nH]c2c1. The molecule has 2 heterocycles. The molecule has 0 unspecified atom stereocenters. The lowest BCUT2D eigenvalue weighted by Gasteiger charge is -2.13. The van der Waals surface area contributed by atoms with Crippen LogP contribution in [0.1, 0.15) is 28.8 Å². The van der Waals surface area contributed by atoms with Crippen LogP contribution in [0.25, 0.3) is 10.9 Å². The fourth-order valence-electron chi connectivity index (χ4n) is 3.62. The topological polar surface area (TPSA) is 76.1 Å². The second-order valence-electron chi connectivity index (χ2n) is 7.23. The number of ether oxygens (including phenoxy) is 1. The average molecular weight is 410 g/mol. The number of nitrogens with zero attached hydrogens (tertiary/aromatic N) is 1. The molecule has 0 radical (unpaired) electrons. The summed E-state index contributed by atoms with van der Waals surface area (Å²) in [5.41, 5.74) is 2.07. The van der Waals surface area contributed by atoms with E-state index in [2.05, 4.69) is 10.3 Å². The molecule has 0 spiro atoms. The molecule has 4 rings (SSSR count). The third kappa shape index (κ3) is 4.46. The van der Waals surface area contributed by atoms with Gasteiger partial charge in [0.15, 0.2) is 4.77 Å². The van der Waals surface area contributed by atoms with E-state index in [0.29, 0.717) is 34.3 Å². The van der Waals surface area contributed by atoms with Crippen LogP contribution in [-0.4, -0.2) is 34.7 Å². The molecule has 0 saturated carbocycles. The summed E-state index contributed by atoms with van der Waals surface area (Å²) in [6, 6.07) is 15.0. The molecule has 2 N–H and O–H groups in total. The number of fused-ring (bicyclic) bond motifs is 1. The minimum atomic E-state index is -0.175. The van der Waals surface area contributed by atoms with Crippen molar-refractivity contribution in [3.63, 3.8) is 0 Å². The second-order valence-corrected chi connectivity index (χ2v) is 7.62. The molecule has 1 atom stereocenters. The zero-order chi connectivity index (χ0) is 20.2. The summed E-state index contributed by atoms with van der Waals surface area (Å²) in [5, 5.41) is 3.43. The maximum Gasteiger partial charge on any atom is 0.262 e. The monoisotopic (exact) mass is 409 g/mol. The molecule has 29 heavy (non-hydrogen) atoms. The van der Waals surface area contributed by atoms with Crippen molar-refractivity contribution in [3.8, 4) is 0 Å². The van der Waals surface area contributed by atoms with Crippen molar-refractivity contribution in [2.75, 3.05) is 13.2 Å². The quantitative estimate of drug-likeness (QED) is 0.613. The van der Waals surface area contributed by atoms with Crippen LogP contribution in [0.4, 0.5) is 0 Å². The molecule has 6 nitrogen and oxygen atoms in total. The van der Waals surface area contributed by atoms with Gasteiger partial charge in [-0.25, -0.2) is 0 Å². The Balaban J connectivity index is 1.50. The van der Waals surface area contributed by atoms with Crippen molar-refractivity contribution in [2.45, 2.75) is 31.9 Å². The van der Waals surface area contributed by atoms with Crippen LogP contribution in [-0.2, 0) is 17.7 Å². The van der Waals surface area contributed by atoms with Crippen molar-refractivity contribution in [2.24, 2.45) is 0 Å². The molecule has 1 fully saturated rings. The van der Waals surface area contributed by atoms with Gasteiger partial charge in [0.1, 0.15) is 0 Å². The Morgan fingerprint density at radius 1 is 1.24 bits per heavy atom. The van der Waals surface area contributed by atoms with E-state index < -0.39 is 0 Å². The molecule has 1 saturated heterocycles. The third-order valence-electron chi connectivity index (χ3n) is 5.20. The van der Waals surface area contributed by atoms with Gasteiger partial charge in [-0.05, 0) is 55.2 Å². The first kappa shape index (κ1) is 19.5. The molecular formula is C22H23N3O3S. The second kappa shape index (κ2) is 8.71. The van der Waals surface area contributed by atoms with E-state index in [1.54, 1.807) is 22.8 Å². The number of aromatic amines is 1. The Morgan fingerprint density at radius 2 is 2.07 bits per heavy atom. The van der Waals surface area contributed by atoms with Gasteiger partial charge in [0, 0.05) is 18.7 Å². The Labute approximate surface area is 173 Å². The number of nitrogens with one attached hydrogen (secondary N) is 2. The van der Waals surface area contributed by atoms with Gasteiger partial charge >= 0.3 is 0 Å². The summed E-state index contributed by atoms with van der Waals surface area (Å²) in [5.74, 6) is -0.175. The van der Waals surface area contributed by atoms with E-state index in [1.165, 1.54) is 5.56 Å². The van der Waals surface area contributed by atoms with Gasteiger partial charge in [0.25, 0.3) is 11.5 Å². The van der Waals surface area contributed by atoms with Crippen molar-refractivity contribution < 1.29 is 9.53 Å². The Morgan fingerprint density at radius 3 is 2.83 bits per heavy atom. The zero-order valence-electron chi connectivity index (χ0n) is 16.0. The molecule has 1 aliphatic heterocycles. The van der Waals surface area contributed by atoms with E-state index in [0.717, 1.165) is 25.9 Å². The smallest absolute Gasteiger partial charge is 0.262 e. The molecule has 1 aromatic heterocycles. The van der Waals surface area contributed by atoms with Crippen LogP contribution in [0.5, 0.6) is 0 Å². The fourth-order valence-corrected chi connectivity index (χ4v) is 3.89. The highest BCUT2D eigenvalue weighted by Gasteiger charge is 2.18. The van der Waals surface area contributed by atoms with Gasteiger partial charge in [0.2, 0.25) is 0 Å². The van der Waals surface area contributed by atoms with Crippen molar-refractivity contribution in [3.05, 3.63) is 74.8 Å². The first-order chi connectivity index (χ1) is 14.1. The van der Waals surface area contributed by atoms with Gasteiger partial charge < -0.3 is 15.0 Å². The van der Waals surface area contributed by atoms with Crippen LogP contribution in [0, 0.1) is 4.77 Å². The standard InChI is InChI=1S/C22H23N3O3S/c26-20(23-11-10-15-5-2-1-3-6-15)16-8-9-18-19(13-16)24-22(29)25(21(18)27)14-17-7-4-12-28-17/h1-3,5-6,8-9,13,17H,4,7,10-12,14H2,(H,23,26)(H,24,29)/t17-/m1/s1. The number of carbonyl (C=O) groups is 1. The summed E-state index contributed by atoms with van der Waals surface area (Å²) in [6.45, 7) is 1.72. The number of benzene rings is 2. The number of H-pyrrole nitrogens is 1. The first-order valence-corrected chi connectivity index (χ1v) is 10.2. The number of aromatic nitrogens is 2. The summed E-state index contributed by atoms with van der Waals surface area (Å²) in [7, 11) is 0. The lowest BCUT2D eigenvalue weighted by molar-refractivity contribution is 0.0953. The molecule has 1 amide bonds. The van der Waals surface area contributed by atoms with E-state index in [1.807, 2.05) is 30.3 Å². The number of amides is 1. The molecule has 0 bridgehead atoms. The maximum atomic E-state index is 12.9. The number of hydrogen-bond donors (Lipinski definition) is 2. The lowest BCUT2D eigenvalue weighted by Crippen LogP contribution is -2.28. The molecule has 3 aromatic rings. The predicted molar refractivity (Wildman–Crippen MR) is 115 cm³/mol. The van der Waals surface area contributed by atoms with Crippen molar-refractivity contribution >= 4 is 29.0 Å². The molecule has 150 valence electrons. The number of hydrogen-bond acceptors (Lipinski definition) is 4. The summed E-state index contributed by atoms with van der Waals surface area (Å²) in [6.07, 6.45) is 2.72. The van der Waals surface area contributed by atoms with Gasteiger partial charge in [-0.15, -0.1) is 0 Å². The van der Waals surface area contributed by atoms with Crippen LogP contribution in [0.3, 0.4) is 0 Å². The third-order valence-corrected chi connectivity index (χ3v) is 5.52. The van der Waals surface area contributed by atoms with E-state index in [9.17, 15) is 9.59 Å². The predicted octanol–water partition coefficient (Wildman–Crippen LogP) is 3.21. The first-order valence-electron chi connectivity index (χ1n) is 9.82. The molecule has 0 aliphatic carbocycles. The van der Waals surface area contributed by atoms with E-state index >= 15 is 0 Å². The minimum absolute atomic E-state index is 0.0231. The highest BCUT2D eigenvalue weighted by molar-refractivity contribution is 7.71. The van der Waals surface area contributed by atoms with Gasteiger partial charge in [-0.2, -0.15) is 0 Å². The lowest BCUT2D eigenvalue weighted by atomic mass is 10.1. The van der Waals surface area contributed by atoms with Crippen LogP contribution in [0.15, 0.2) is 53.3 Å². The number of rotatable bonds is 6. The van der Waals surface area contributed by atoms with E-state index in [-0.39, 0.29) is 17.6 Å². The molecular weight excluding hydrogens is 386 g/mol. The molecule has 7 heteroatoms. The minimum Gasteiger partial charge on any atom is -0.376 e. The van der Waals surface area contributed by atoms with Crippen LogP contribution >= 0.6 is 12.2 Å². The Bertz CT molecular complexity index is 1130. The molecule has 1 aliphatic rings. The van der Waals surface area contributed by atoms with E-state index in [4.69, 9.17) is 17.0 Å². The maximum absolute atomic E-state index is 12.9. The summed E-state index contributed by atoms with van der Waals surface area (Å²) in [4.78, 5) is 28.5. The summed E-state index contributed by atoms with van der Waals surface area (Å²) < 4.78 is 7.52. The van der Waals surface area contributed by atoms with Gasteiger partial charge in [0.05, 0.1) is 23.6 Å². The Kier molecular flexibility index (Phi) is 5.87. The highest BCUT2D eigenvalue weighted by atomic mass is 32.1. The summed E-state index contributed by atoms with van der Waals surface area (Å²) >= 11 is 5.39. The average Bonchev–Trinajstić information content (AvgIpc) is 3.25. The highest BCUT2D eigenvalue weighted by Crippen LogP contribution is 2.15. The largest absolute Gasteiger partial charge is 0.376 e. The van der Waals surface area contributed by atoms with Gasteiger partial charge in [-0.3, -0.25) is 14.2 Å². The van der Waals surface area contributed by atoms with Crippen LogP contribution < -0.4 is 10.9 Å². The van der Waals surface area contributed by atoms with Crippen LogP contribution in [0.2, 0.25) is 0 Å².